The molecule has 6 nitrogen and oxygen atoms in total. The van der Waals surface area contributed by atoms with Crippen LogP contribution >= 0.6 is 0 Å². The summed E-state index contributed by atoms with van der Waals surface area (Å²) in [6.45, 7) is 4.08. The van der Waals surface area contributed by atoms with Crippen molar-refractivity contribution in [3.05, 3.63) is 42.2 Å². The topological polar surface area (TPSA) is 67.2 Å². The number of amides is 2. The summed E-state index contributed by atoms with van der Waals surface area (Å²) in [5, 5.41) is 6.97. The Balaban J connectivity index is 2.07. The van der Waals surface area contributed by atoms with Crippen LogP contribution in [0, 0.1) is 5.92 Å². The summed E-state index contributed by atoms with van der Waals surface area (Å²) < 4.78 is 1.58. The number of benzene rings is 1. The van der Waals surface area contributed by atoms with Gasteiger partial charge in [-0.25, -0.2) is 0 Å². The fourth-order valence-corrected chi connectivity index (χ4v) is 2.87. The van der Waals surface area contributed by atoms with Gasteiger partial charge in [-0.3, -0.25) is 19.2 Å². The van der Waals surface area contributed by atoms with Crippen LogP contribution in [0.4, 0.5) is 11.4 Å². The third kappa shape index (κ3) is 2.84. The van der Waals surface area contributed by atoms with Gasteiger partial charge in [0.25, 0.3) is 5.91 Å². The van der Waals surface area contributed by atoms with Crippen LogP contribution in [-0.2, 0) is 11.8 Å². The lowest BCUT2D eigenvalue weighted by molar-refractivity contribution is -0.117. The van der Waals surface area contributed by atoms with E-state index in [9.17, 15) is 9.59 Å². The second kappa shape index (κ2) is 5.87. The Morgan fingerprint density at radius 1 is 1.35 bits per heavy atom. The van der Waals surface area contributed by atoms with Crippen LogP contribution in [0.15, 0.2) is 36.7 Å². The van der Waals surface area contributed by atoms with Crippen molar-refractivity contribution in [2.24, 2.45) is 13.0 Å². The van der Waals surface area contributed by atoms with Gasteiger partial charge in [0.1, 0.15) is 6.04 Å². The van der Waals surface area contributed by atoms with Crippen LogP contribution in [0.1, 0.15) is 30.6 Å². The molecule has 0 fully saturated rings. The molecule has 0 radical (unpaired) electrons. The lowest BCUT2D eigenvalue weighted by atomic mass is 9.97. The SMILES string of the molecule is CC(C)C[C@H]1C(=O)Nc2ccccc2N1C(=O)c1cnn(C)c1. The lowest BCUT2D eigenvalue weighted by Crippen LogP contribution is -2.51. The molecule has 0 unspecified atom stereocenters. The first-order valence-electron chi connectivity index (χ1n) is 7.69. The van der Waals surface area contributed by atoms with Crippen molar-refractivity contribution in [3.8, 4) is 0 Å². The number of aryl methyl sites for hydroxylation is 1. The van der Waals surface area contributed by atoms with Crippen molar-refractivity contribution in [3.63, 3.8) is 0 Å². The monoisotopic (exact) mass is 312 g/mol. The number of carbonyl (C=O) groups excluding carboxylic acids is 2. The predicted octanol–water partition coefficient (Wildman–Crippen LogP) is 2.43. The number of rotatable bonds is 3. The fraction of sp³-hybridized carbons (Fsp3) is 0.353. The molecule has 1 aromatic carbocycles. The van der Waals surface area contributed by atoms with Gasteiger partial charge in [0, 0.05) is 13.2 Å². The Morgan fingerprint density at radius 2 is 2.09 bits per heavy atom. The summed E-state index contributed by atoms with van der Waals surface area (Å²) in [7, 11) is 1.76. The zero-order valence-electron chi connectivity index (χ0n) is 13.5. The normalized spacial score (nSPS) is 17.1. The van der Waals surface area contributed by atoms with Crippen LogP contribution in [0.25, 0.3) is 0 Å². The van der Waals surface area contributed by atoms with E-state index in [4.69, 9.17) is 0 Å². The van der Waals surface area contributed by atoms with E-state index in [0.29, 0.717) is 23.6 Å². The van der Waals surface area contributed by atoms with E-state index in [1.165, 1.54) is 6.20 Å². The minimum atomic E-state index is -0.516. The molecule has 1 aliphatic rings. The van der Waals surface area contributed by atoms with E-state index in [1.54, 1.807) is 22.8 Å². The highest BCUT2D eigenvalue weighted by atomic mass is 16.2. The van der Waals surface area contributed by atoms with Gasteiger partial charge < -0.3 is 5.32 Å². The van der Waals surface area contributed by atoms with Gasteiger partial charge in [0.2, 0.25) is 5.91 Å². The van der Waals surface area contributed by atoms with Gasteiger partial charge in [-0.2, -0.15) is 5.10 Å². The Bertz CT molecular complexity index is 751. The number of hydrogen-bond acceptors (Lipinski definition) is 3. The number of carbonyl (C=O) groups is 2. The van der Waals surface area contributed by atoms with Crippen LogP contribution in [0.2, 0.25) is 0 Å². The van der Waals surface area contributed by atoms with E-state index in [-0.39, 0.29) is 11.8 Å². The van der Waals surface area contributed by atoms with Gasteiger partial charge in [0.05, 0.1) is 23.1 Å². The number of para-hydroxylation sites is 2. The van der Waals surface area contributed by atoms with Crippen molar-refractivity contribution in [1.29, 1.82) is 0 Å². The Kier molecular flexibility index (Phi) is 3.90. The molecule has 1 aromatic heterocycles. The number of fused-ring (bicyclic) bond motifs is 1. The van der Waals surface area contributed by atoms with Gasteiger partial charge in [-0.15, -0.1) is 0 Å². The highest BCUT2D eigenvalue weighted by molar-refractivity contribution is 6.16. The quantitative estimate of drug-likeness (QED) is 0.946. The molecular weight excluding hydrogens is 292 g/mol. The molecule has 0 saturated heterocycles. The number of aromatic nitrogens is 2. The lowest BCUT2D eigenvalue weighted by Gasteiger charge is -2.37. The maximum atomic E-state index is 13.0. The van der Waals surface area contributed by atoms with E-state index >= 15 is 0 Å². The fourth-order valence-electron chi connectivity index (χ4n) is 2.87. The molecule has 2 aromatic rings. The molecule has 6 heteroatoms. The number of nitrogens with zero attached hydrogens (tertiary/aromatic N) is 3. The minimum absolute atomic E-state index is 0.144. The molecular formula is C17H20N4O2. The standard InChI is InChI=1S/C17H20N4O2/c1-11(2)8-15-16(22)19-13-6-4-5-7-14(13)21(15)17(23)12-9-18-20(3)10-12/h4-7,9-11,15H,8H2,1-3H3,(H,19,22)/t15-/m0/s1. The summed E-state index contributed by atoms with van der Waals surface area (Å²) in [6.07, 6.45) is 3.81. The minimum Gasteiger partial charge on any atom is -0.322 e. The van der Waals surface area contributed by atoms with Crippen LogP contribution in [-0.4, -0.2) is 27.6 Å². The van der Waals surface area contributed by atoms with E-state index in [2.05, 4.69) is 10.4 Å². The largest absolute Gasteiger partial charge is 0.322 e. The van der Waals surface area contributed by atoms with Crippen molar-refractivity contribution in [2.75, 3.05) is 10.2 Å². The zero-order chi connectivity index (χ0) is 16.6. The number of anilines is 2. The molecule has 0 aliphatic carbocycles. The third-order valence-corrected chi connectivity index (χ3v) is 3.90. The Labute approximate surface area is 135 Å². The first kappa shape index (κ1) is 15.3. The second-order valence-corrected chi connectivity index (χ2v) is 6.23. The summed E-state index contributed by atoms with van der Waals surface area (Å²) in [6, 6.07) is 6.86. The summed E-state index contributed by atoms with van der Waals surface area (Å²) >= 11 is 0. The molecule has 23 heavy (non-hydrogen) atoms. The molecule has 1 aliphatic heterocycles. The van der Waals surface area contributed by atoms with E-state index in [1.807, 2.05) is 38.1 Å². The first-order valence-corrected chi connectivity index (χ1v) is 7.69. The predicted molar refractivity (Wildman–Crippen MR) is 88.3 cm³/mol. The highest BCUT2D eigenvalue weighted by Crippen LogP contribution is 2.34. The van der Waals surface area contributed by atoms with Gasteiger partial charge >= 0.3 is 0 Å². The van der Waals surface area contributed by atoms with Crippen molar-refractivity contribution in [2.45, 2.75) is 26.3 Å². The molecule has 0 spiro atoms. The Morgan fingerprint density at radius 3 is 2.74 bits per heavy atom. The van der Waals surface area contributed by atoms with Crippen LogP contribution < -0.4 is 10.2 Å². The molecule has 2 amide bonds. The average Bonchev–Trinajstić information content (AvgIpc) is 2.93. The highest BCUT2D eigenvalue weighted by Gasteiger charge is 2.37. The van der Waals surface area contributed by atoms with Crippen molar-refractivity contribution in [1.82, 2.24) is 9.78 Å². The third-order valence-electron chi connectivity index (χ3n) is 3.90. The molecule has 2 heterocycles. The molecule has 3 rings (SSSR count). The van der Waals surface area contributed by atoms with Crippen molar-refractivity contribution < 1.29 is 9.59 Å². The van der Waals surface area contributed by atoms with Gasteiger partial charge in [0.15, 0.2) is 0 Å². The molecule has 0 bridgehead atoms. The van der Waals surface area contributed by atoms with E-state index < -0.39 is 6.04 Å². The summed E-state index contributed by atoms with van der Waals surface area (Å²) in [4.78, 5) is 27.1. The molecule has 1 N–H and O–H groups in total. The van der Waals surface area contributed by atoms with Crippen LogP contribution in [0.3, 0.4) is 0 Å². The Hall–Kier alpha value is -2.63. The summed E-state index contributed by atoms with van der Waals surface area (Å²) in [5.41, 5.74) is 1.87. The molecule has 1 atom stereocenters. The maximum Gasteiger partial charge on any atom is 0.262 e. The van der Waals surface area contributed by atoms with Crippen LogP contribution in [0.5, 0.6) is 0 Å². The first-order chi connectivity index (χ1) is 11.0. The van der Waals surface area contributed by atoms with E-state index in [0.717, 1.165) is 5.69 Å². The second-order valence-electron chi connectivity index (χ2n) is 6.23. The number of nitrogens with one attached hydrogen (secondary N) is 1. The van der Waals surface area contributed by atoms with Crippen molar-refractivity contribution >= 4 is 23.2 Å². The van der Waals surface area contributed by atoms with Gasteiger partial charge in [-0.05, 0) is 24.5 Å². The molecule has 0 saturated carbocycles. The maximum absolute atomic E-state index is 13.0. The zero-order valence-corrected chi connectivity index (χ0v) is 13.5. The van der Waals surface area contributed by atoms with Gasteiger partial charge in [-0.1, -0.05) is 26.0 Å². The summed E-state index contributed by atoms with van der Waals surface area (Å²) in [5.74, 6) is -0.0547. The number of hydrogen-bond donors (Lipinski definition) is 1. The average molecular weight is 312 g/mol. The smallest absolute Gasteiger partial charge is 0.262 e. The molecule has 120 valence electrons.